The van der Waals surface area contributed by atoms with Gasteiger partial charge in [-0.25, -0.2) is 4.39 Å². The molecular weight excluding hydrogens is 477 g/mol. The molecule has 0 radical (unpaired) electrons. The molecule has 0 saturated carbocycles. The fourth-order valence-corrected chi connectivity index (χ4v) is 5.21. The second kappa shape index (κ2) is 12.6. The average molecular weight is 514 g/mol. The lowest BCUT2D eigenvalue weighted by Gasteiger charge is -2.40. The topological polar surface area (TPSA) is 103 Å². The van der Waals surface area contributed by atoms with E-state index in [1.165, 1.54) is 18.2 Å². The molecule has 2 saturated heterocycles. The number of aliphatic hydroxyl groups is 2. The minimum atomic E-state index is -1.25. The van der Waals surface area contributed by atoms with E-state index in [4.69, 9.17) is 4.74 Å². The number of benzene rings is 1. The summed E-state index contributed by atoms with van der Waals surface area (Å²) in [5, 5.41) is 20.9. The van der Waals surface area contributed by atoms with Gasteiger partial charge in [0, 0.05) is 31.4 Å². The van der Waals surface area contributed by atoms with Gasteiger partial charge >= 0.3 is 5.97 Å². The van der Waals surface area contributed by atoms with Crippen molar-refractivity contribution >= 4 is 11.9 Å². The van der Waals surface area contributed by atoms with Gasteiger partial charge in [-0.15, -0.1) is 0 Å². The summed E-state index contributed by atoms with van der Waals surface area (Å²) in [5.74, 6) is -1.14. The number of amides is 1. The summed E-state index contributed by atoms with van der Waals surface area (Å²) in [6.45, 7) is 2.48. The predicted molar refractivity (Wildman–Crippen MR) is 135 cm³/mol. The van der Waals surface area contributed by atoms with E-state index in [9.17, 15) is 24.2 Å². The highest BCUT2D eigenvalue weighted by molar-refractivity contribution is 5.94. The Hall–Kier alpha value is -2.88. The van der Waals surface area contributed by atoms with Gasteiger partial charge in [-0.05, 0) is 75.5 Å². The summed E-state index contributed by atoms with van der Waals surface area (Å²) in [5.41, 5.74) is 0.558. The number of pyridine rings is 1. The first-order valence-corrected chi connectivity index (χ1v) is 13.1. The quantitative estimate of drug-likeness (QED) is 0.609. The number of hydrogen-bond donors (Lipinski definition) is 2. The van der Waals surface area contributed by atoms with Crippen LogP contribution < -0.4 is 0 Å². The number of hydrogen-bond acceptors (Lipinski definition) is 7. The Morgan fingerprint density at radius 2 is 1.84 bits per heavy atom. The van der Waals surface area contributed by atoms with E-state index in [0.717, 1.165) is 18.8 Å². The highest BCUT2D eigenvalue weighted by Gasteiger charge is 2.42. The lowest BCUT2D eigenvalue weighted by Crippen LogP contribution is -2.46. The van der Waals surface area contributed by atoms with Crippen LogP contribution in [0.4, 0.5) is 4.39 Å². The van der Waals surface area contributed by atoms with Gasteiger partial charge in [0.2, 0.25) is 0 Å². The number of carbonyl (C=O) groups is 2. The summed E-state index contributed by atoms with van der Waals surface area (Å²) < 4.78 is 19.2. The largest absolute Gasteiger partial charge is 0.462 e. The van der Waals surface area contributed by atoms with E-state index in [-0.39, 0.29) is 37.0 Å². The maximum absolute atomic E-state index is 13.7. The molecule has 2 aromatic rings. The van der Waals surface area contributed by atoms with E-state index in [0.29, 0.717) is 45.2 Å². The predicted octanol–water partition coefficient (Wildman–Crippen LogP) is 2.78. The van der Waals surface area contributed by atoms with E-state index < -0.39 is 23.4 Å². The Morgan fingerprint density at radius 1 is 1.03 bits per heavy atom. The minimum Gasteiger partial charge on any atom is -0.462 e. The molecule has 4 rings (SSSR count). The number of halogens is 1. The third kappa shape index (κ3) is 7.12. The zero-order valence-electron chi connectivity index (χ0n) is 21.1. The molecule has 1 amide bonds. The van der Waals surface area contributed by atoms with Gasteiger partial charge in [-0.3, -0.25) is 19.5 Å². The van der Waals surface area contributed by atoms with E-state index >= 15 is 0 Å². The van der Waals surface area contributed by atoms with Gasteiger partial charge < -0.3 is 19.8 Å². The number of nitrogens with zero attached hydrogens (tertiary/aromatic N) is 3. The van der Waals surface area contributed by atoms with Crippen LogP contribution in [0.15, 0.2) is 48.7 Å². The normalized spacial score (nSPS) is 24.0. The van der Waals surface area contributed by atoms with Crippen LogP contribution in [0.25, 0.3) is 0 Å². The van der Waals surface area contributed by atoms with Gasteiger partial charge in [0.1, 0.15) is 18.5 Å². The number of ether oxygens (including phenoxy) is 1. The van der Waals surface area contributed by atoms with Crippen molar-refractivity contribution < 1.29 is 28.9 Å². The van der Waals surface area contributed by atoms with Crippen LogP contribution in [-0.4, -0.2) is 81.9 Å². The zero-order chi connectivity index (χ0) is 26.3. The van der Waals surface area contributed by atoms with Crippen LogP contribution in [0.5, 0.6) is 0 Å². The smallest absolute Gasteiger partial charge is 0.312 e. The van der Waals surface area contributed by atoms with Crippen LogP contribution in [-0.2, 0) is 16.1 Å². The lowest BCUT2D eigenvalue weighted by atomic mass is 9.74. The Kier molecular flexibility index (Phi) is 9.23. The van der Waals surface area contributed by atoms with Crippen molar-refractivity contribution in [2.75, 3.05) is 32.8 Å². The van der Waals surface area contributed by atoms with Gasteiger partial charge in [0.05, 0.1) is 17.2 Å². The molecule has 1 aromatic heterocycles. The molecule has 37 heavy (non-hydrogen) atoms. The highest BCUT2D eigenvalue weighted by Crippen LogP contribution is 2.38. The molecule has 2 fully saturated rings. The van der Waals surface area contributed by atoms with Crippen LogP contribution in [0.3, 0.4) is 0 Å². The number of aliphatic hydroxyl groups excluding tert-OH is 2. The van der Waals surface area contributed by atoms with Gasteiger partial charge in [-0.2, -0.15) is 0 Å². The van der Waals surface area contributed by atoms with Gasteiger partial charge in [0.25, 0.3) is 5.91 Å². The van der Waals surface area contributed by atoms with Crippen molar-refractivity contribution in [1.82, 2.24) is 14.8 Å². The first-order chi connectivity index (χ1) is 17.9. The van der Waals surface area contributed by atoms with Crippen molar-refractivity contribution in [2.24, 2.45) is 5.41 Å². The van der Waals surface area contributed by atoms with E-state index in [2.05, 4.69) is 9.88 Å². The molecule has 0 unspecified atom stereocenters. The number of esters is 1. The first-order valence-electron chi connectivity index (χ1n) is 13.1. The number of aromatic nitrogens is 1. The highest BCUT2D eigenvalue weighted by atomic mass is 19.1. The number of piperidine rings is 1. The Morgan fingerprint density at radius 3 is 2.57 bits per heavy atom. The molecule has 1 aromatic carbocycles. The molecule has 9 heteroatoms. The van der Waals surface area contributed by atoms with Crippen LogP contribution >= 0.6 is 0 Å². The fourth-order valence-electron chi connectivity index (χ4n) is 5.21. The van der Waals surface area contributed by atoms with E-state index in [1.807, 2.05) is 18.2 Å². The van der Waals surface area contributed by atoms with Crippen LogP contribution in [0.1, 0.15) is 54.6 Å². The summed E-state index contributed by atoms with van der Waals surface area (Å²) >= 11 is 0. The third-order valence-electron chi connectivity index (χ3n) is 7.57. The van der Waals surface area contributed by atoms with Crippen molar-refractivity contribution in [3.8, 4) is 0 Å². The molecule has 0 aliphatic carbocycles. The maximum Gasteiger partial charge on any atom is 0.312 e. The van der Waals surface area contributed by atoms with Crippen LogP contribution in [0.2, 0.25) is 0 Å². The fraction of sp³-hybridized carbons (Fsp3) is 0.536. The molecule has 3 heterocycles. The Bertz CT molecular complexity index is 1050. The monoisotopic (exact) mass is 513 g/mol. The SMILES string of the molecule is O=C(c1cccc(F)c1)N1CCCCC2(CCN(Cc3ccccn3)CC2)C(=O)OC[C@@H](O)[C@@H](O)CC1. The van der Waals surface area contributed by atoms with Crippen molar-refractivity contribution in [3.63, 3.8) is 0 Å². The number of carbonyl (C=O) groups excluding carboxylic acids is 2. The lowest BCUT2D eigenvalue weighted by molar-refractivity contribution is -0.165. The molecule has 2 atom stereocenters. The molecule has 0 bridgehead atoms. The van der Waals surface area contributed by atoms with Gasteiger partial charge in [-0.1, -0.05) is 18.6 Å². The summed E-state index contributed by atoms with van der Waals surface area (Å²) in [7, 11) is 0. The minimum absolute atomic E-state index is 0.118. The number of rotatable bonds is 3. The zero-order valence-corrected chi connectivity index (χ0v) is 21.1. The van der Waals surface area contributed by atoms with Gasteiger partial charge in [0.15, 0.2) is 0 Å². The first kappa shape index (κ1) is 27.2. The molecule has 1 spiro atoms. The average Bonchev–Trinajstić information content (AvgIpc) is 2.92. The molecule has 8 nitrogen and oxygen atoms in total. The molecule has 2 aliphatic heterocycles. The Labute approximate surface area is 217 Å². The van der Waals surface area contributed by atoms with Crippen molar-refractivity contribution in [2.45, 2.75) is 57.3 Å². The van der Waals surface area contributed by atoms with Crippen molar-refractivity contribution in [3.05, 3.63) is 65.7 Å². The Balaban J connectivity index is 1.43. The summed E-state index contributed by atoms with van der Waals surface area (Å²) in [4.78, 5) is 34.6. The molecule has 2 N–H and O–H groups in total. The van der Waals surface area contributed by atoms with Crippen LogP contribution in [0, 0.1) is 11.2 Å². The van der Waals surface area contributed by atoms with E-state index in [1.54, 1.807) is 17.2 Å². The second-order valence-electron chi connectivity index (χ2n) is 10.2. The summed E-state index contributed by atoms with van der Waals surface area (Å²) in [6, 6.07) is 11.4. The summed E-state index contributed by atoms with van der Waals surface area (Å²) in [6.07, 6.45) is 2.73. The molecular formula is C28H36FN3O5. The number of likely N-dealkylation sites (tertiary alicyclic amines) is 1. The second-order valence-corrected chi connectivity index (χ2v) is 10.2. The maximum atomic E-state index is 13.7. The molecule has 200 valence electrons. The third-order valence-corrected chi connectivity index (χ3v) is 7.57. The number of cyclic esters (lactones) is 1. The van der Waals surface area contributed by atoms with Crippen molar-refractivity contribution in [1.29, 1.82) is 0 Å². The standard InChI is InChI=1S/C28H36FN3O5/c29-22-7-5-6-21(18-22)26(35)32-14-4-2-10-28(27(36)37-20-25(34)24(33)9-15-32)11-16-31(17-12-28)19-23-8-1-3-13-30-23/h1,3,5-8,13,18,24-25,33-34H,2,4,9-12,14-17,19-20H2/t24-,25+/m0/s1. The molecule has 2 aliphatic rings.